The first-order valence-electron chi connectivity index (χ1n) is 9.69. The van der Waals surface area contributed by atoms with Gasteiger partial charge in [0.05, 0.1) is 11.1 Å². The number of halogens is 1. The molecule has 0 atom stereocenters. The minimum absolute atomic E-state index is 0.0686. The van der Waals surface area contributed by atoms with Crippen molar-refractivity contribution >= 4 is 34.3 Å². The molecule has 30 heavy (non-hydrogen) atoms. The summed E-state index contributed by atoms with van der Waals surface area (Å²) in [6, 6.07) is 13.2. The number of nitrogens with zero attached hydrogens (tertiary/aromatic N) is 1. The molecule has 3 aromatic rings. The third kappa shape index (κ3) is 4.62. The molecule has 3 rings (SSSR count). The van der Waals surface area contributed by atoms with Crippen LogP contribution in [-0.2, 0) is 11.2 Å². The van der Waals surface area contributed by atoms with E-state index in [2.05, 4.69) is 4.98 Å². The van der Waals surface area contributed by atoms with Crippen molar-refractivity contribution in [1.29, 1.82) is 0 Å². The molecule has 0 aliphatic carbocycles. The number of rotatable bonds is 7. The highest BCUT2D eigenvalue weighted by atomic mass is 35.5. The molecule has 1 N–H and O–H groups in total. The number of pyridine rings is 1. The molecule has 0 unspecified atom stereocenters. The molecular weight excluding hydrogens is 402 g/mol. The molecule has 0 aliphatic rings. The number of Topliss-reactive ketones (excluding diaryl/α,β-unsaturated/α-hetero) is 1. The summed E-state index contributed by atoms with van der Waals surface area (Å²) in [5, 5.41) is 10.4. The van der Waals surface area contributed by atoms with Gasteiger partial charge in [-0.15, -0.1) is 0 Å². The number of aliphatic carboxylic acids is 1. The molecule has 0 fully saturated rings. The van der Waals surface area contributed by atoms with Gasteiger partial charge in [-0.1, -0.05) is 41.9 Å². The van der Waals surface area contributed by atoms with Crippen LogP contribution in [0.2, 0.25) is 5.15 Å². The monoisotopic (exact) mass is 425 g/mol. The van der Waals surface area contributed by atoms with Gasteiger partial charge in [-0.05, 0) is 62.9 Å². The number of ether oxygens (including phenoxy) is 1. The number of carbonyl (C=O) groups excluding carboxylic acids is 1. The maximum absolute atomic E-state index is 12.8. The normalized spacial score (nSPS) is 11.5. The number of para-hydroxylation sites is 1. The van der Waals surface area contributed by atoms with Gasteiger partial charge in [-0.2, -0.15) is 0 Å². The average Bonchev–Trinajstić information content (AvgIpc) is 2.68. The van der Waals surface area contributed by atoms with Gasteiger partial charge in [0.1, 0.15) is 10.9 Å². The third-order valence-electron chi connectivity index (χ3n) is 5.01. The zero-order chi connectivity index (χ0) is 22.1. The van der Waals surface area contributed by atoms with E-state index in [1.54, 1.807) is 6.07 Å². The minimum atomic E-state index is -1.33. The predicted molar refractivity (Wildman–Crippen MR) is 118 cm³/mol. The number of carboxylic acid groups (broad SMARTS) is 1. The van der Waals surface area contributed by atoms with E-state index in [9.17, 15) is 14.7 Å². The lowest BCUT2D eigenvalue weighted by Gasteiger charge is -2.24. The number of benzene rings is 2. The first-order valence-corrected chi connectivity index (χ1v) is 10.1. The minimum Gasteiger partial charge on any atom is -0.478 e. The number of hydrogen-bond donors (Lipinski definition) is 1. The maximum Gasteiger partial charge on any atom is 0.347 e. The summed E-state index contributed by atoms with van der Waals surface area (Å²) < 4.78 is 5.74. The SMILES string of the molecule is Cc1cc(CCC(=O)c2cc3ccccc3nc2Cl)cc(C)c1OC(C)(C)C(=O)O. The Morgan fingerprint density at radius 1 is 1.10 bits per heavy atom. The number of fused-ring (bicyclic) bond motifs is 1. The summed E-state index contributed by atoms with van der Waals surface area (Å²) in [6.07, 6.45) is 0.825. The Kier molecular flexibility index (Phi) is 6.13. The topological polar surface area (TPSA) is 76.5 Å². The van der Waals surface area contributed by atoms with Crippen LogP contribution in [0.15, 0.2) is 42.5 Å². The number of aryl methyl sites for hydroxylation is 3. The van der Waals surface area contributed by atoms with Crippen molar-refractivity contribution in [2.75, 3.05) is 0 Å². The number of carboxylic acids is 1. The fourth-order valence-corrected chi connectivity index (χ4v) is 3.58. The number of carbonyl (C=O) groups is 2. The highest BCUT2D eigenvalue weighted by Gasteiger charge is 2.30. The van der Waals surface area contributed by atoms with Gasteiger partial charge in [0.15, 0.2) is 11.4 Å². The van der Waals surface area contributed by atoms with E-state index in [0.29, 0.717) is 24.2 Å². The van der Waals surface area contributed by atoms with E-state index in [1.165, 1.54) is 13.8 Å². The van der Waals surface area contributed by atoms with Crippen molar-refractivity contribution in [3.8, 4) is 5.75 Å². The van der Waals surface area contributed by atoms with Crippen molar-refractivity contribution in [2.24, 2.45) is 0 Å². The standard InChI is InChI=1S/C24H24ClNO4/c1-14-11-16(12-15(2)21(14)30-24(3,4)23(28)29)9-10-20(27)18-13-17-7-5-6-8-19(17)26-22(18)25/h5-8,11-13H,9-10H2,1-4H3,(H,28,29). The Morgan fingerprint density at radius 2 is 1.73 bits per heavy atom. The zero-order valence-corrected chi connectivity index (χ0v) is 18.2. The zero-order valence-electron chi connectivity index (χ0n) is 17.5. The summed E-state index contributed by atoms with van der Waals surface area (Å²) in [5.74, 6) is -0.544. The second kappa shape index (κ2) is 8.44. The van der Waals surface area contributed by atoms with E-state index in [1.807, 2.05) is 50.2 Å². The van der Waals surface area contributed by atoms with E-state index in [0.717, 1.165) is 27.6 Å². The van der Waals surface area contributed by atoms with Gasteiger partial charge in [0.2, 0.25) is 0 Å². The molecular formula is C24H24ClNO4. The second-order valence-electron chi connectivity index (χ2n) is 7.92. The molecule has 0 radical (unpaired) electrons. The molecule has 2 aromatic carbocycles. The molecule has 0 saturated carbocycles. The Bertz CT molecular complexity index is 1110. The molecule has 0 spiro atoms. The van der Waals surface area contributed by atoms with Crippen LogP contribution in [-0.4, -0.2) is 27.4 Å². The van der Waals surface area contributed by atoms with Crippen LogP contribution >= 0.6 is 11.6 Å². The quantitative estimate of drug-likeness (QED) is 0.396. The maximum atomic E-state index is 12.8. The van der Waals surface area contributed by atoms with Crippen LogP contribution in [0.4, 0.5) is 0 Å². The molecule has 1 heterocycles. The van der Waals surface area contributed by atoms with Crippen LogP contribution in [0, 0.1) is 13.8 Å². The van der Waals surface area contributed by atoms with Crippen molar-refractivity contribution in [3.05, 3.63) is 69.9 Å². The summed E-state index contributed by atoms with van der Waals surface area (Å²) in [5.41, 5.74) is 2.49. The Morgan fingerprint density at radius 3 is 2.37 bits per heavy atom. The van der Waals surface area contributed by atoms with E-state index in [-0.39, 0.29) is 10.9 Å². The smallest absolute Gasteiger partial charge is 0.347 e. The summed E-state index contributed by atoms with van der Waals surface area (Å²) >= 11 is 6.24. The van der Waals surface area contributed by atoms with E-state index < -0.39 is 11.6 Å². The predicted octanol–water partition coefficient (Wildman–Crippen LogP) is 5.56. The third-order valence-corrected chi connectivity index (χ3v) is 5.30. The van der Waals surface area contributed by atoms with Crippen LogP contribution in [0.25, 0.3) is 10.9 Å². The highest BCUT2D eigenvalue weighted by molar-refractivity contribution is 6.33. The molecule has 0 amide bonds. The van der Waals surface area contributed by atoms with Gasteiger partial charge in [0.25, 0.3) is 0 Å². The fourth-order valence-electron chi connectivity index (χ4n) is 3.32. The summed E-state index contributed by atoms with van der Waals surface area (Å²) in [6.45, 7) is 6.77. The van der Waals surface area contributed by atoms with Crippen molar-refractivity contribution in [2.45, 2.75) is 46.1 Å². The Balaban J connectivity index is 1.77. The van der Waals surface area contributed by atoms with Crippen LogP contribution in [0.3, 0.4) is 0 Å². The number of ketones is 1. The van der Waals surface area contributed by atoms with Crippen molar-refractivity contribution in [3.63, 3.8) is 0 Å². The first kappa shape index (κ1) is 21.8. The largest absolute Gasteiger partial charge is 0.478 e. The Labute approximate surface area is 180 Å². The second-order valence-corrected chi connectivity index (χ2v) is 8.28. The van der Waals surface area contributed by atoms with E-state index >= 15 is 0 Å². The van der Waals surface area contributed by atoms with Gasteiger partial charge < -0.3 is 9.84 Å². The molecule has 5 nitrogen and oxygen atoms in total. The molecule has 0 aliphatic heterocycles. The summed E-state index contributed by atoms with van der Waals surface area (Å²) in [4.78, 5) is 28.4. The molecule has 6 heteroatoms. The molecule has 0 bridgehead atoms. The average molecular weight is 426 g/mol. The Hall–Kier alpha value is -2.92. The fraction of sp³-hybridized carbons (Fsp3) is 0.292. The molecule has 156 valence electrons. The van der Waals surface area contributed by atoms with Gasteiger partial charge in [-0.25, -0.2) is 9.78 Å². The van der Waals surface area contributed by atoms with Gasteiger partial charge in [-0.3, -0.25) is 4.79 Å². The van der Waals surface area contributed by atoms with Crippen LogP contribution in [0.5, 0.6) is 5.75 Å². The van der Waals surface area contributed by atoms with Crippen LogP contribution in [0.1, 0.15) is 47.3 Å². The highest BCUT2D eigenvalue weighted by Crippen LogP contribution is 2.29. The number of aromatic nitrogens is 1. The van der Waals surface area contributed by atoms with Crippen LogP contribution < -0.4 is 4.74 Å². The van der Waals surface area contributed by atoms with Gasteiger partial charge >= 0.3 is 5.97 Å². The lowest BCUT2D eigenvalue weighted by Crippen LogP contribution is -2.38. The lowest BCUT2D eigenvalue weighted by molar-refractivity contribution is -0.152. The van der Waals surface area contributed by atoms with Crippen molar-refractivity contribution in [1.82, 2.24) is 4.98 Å². The first-order chi connectivity index (χ1) is 14.1. The van der Waals surface area contributed by atoms with E-state index in [4.69, 9.17) is 16.3 Å². The lowest BCUT2D eigenvalue weighted by atomic mass is 9.98. The molecule has 1 aromatic heterocycles. The molecule has 0 saturated heterocycles. The summed E-state index contributed by atoms with van der Waals surface area (Å²) in [7, 11) is 0. The van der Waals surface area contributed by atoms with Gasteiger partial charge in [0, 0.05) is 11.8 Å². The number of hydrogen-bond acceptors (Lipinski definition) is 4. The van der Waals surface area contributed by atoms with Crippen molar-refractivity contribution < 1.29 is 19.4 Å².